The van der Waals surface area contributed by atoms with E-state index in [2.05, 4.69) is 15.4 Å². The van der Waals surface area contributed by atoms with Crippen molar-refractivity contribution in [2.45, 2.75) is 52.7 Å². The van der Waals surface area contributed by atoms with Crippen LogP contribution in [0.3, 0.4) is 0 Å². The van der Waals surface area contributed by atoms with Crippen LogP contribution in [0, 0.1) is 6.92 Å². The summed E-state index contributed by atoms with van der Waals surface area (Å²) in [5, 5.41) is 7.66. The number of benzene rings is 1. The van der Waals surface area contributed by atoms with E-state index in [1.165, 1.54) is 4.57 Å². The standard InChI is InChI=1S/C21H25N5O4/c1-13-24-19-15(11-23-26(19)21(2,3)4)20(28)25(13)8-7-18(27)22-10-14-5-6-16-17(9-14)30-12-29-16/h5-6,9,11H,7-8,10,12H2,1-4H3,(H,22,27). The Labute approximate surface area is 173 Å². The van der Waals surface area contributed by atoms with Crippen LogP contribution in [0.25, 0.3) is 11.0 Å². The maximum atomic E-state index is 12.9. The van der Waals surface area contributed by atoms with E-state index < -0.39 is 0 Å². The Morgan fingerprint density at radius 3 is 2.77 bits per heavy atom. The third-order valence-corrected chi connectivity index (χ3v) is 5.00. The smallest absolute Gasteiger partial charge is 0.264 e. The second-order valence-electron chi connectivity index (χ2n) is 8.29. The molecule has 1 amide bonds. The Kier molecular flexibility index (Phi) is 4.97. The van der Waals surface area contributed by atoms with E-state index in [4.69, 9.17) is 9.47 Å². The molecular formula is C21H25N5O4. The van der Waals surface area contributed by atoms with Gasteiger partial charge in [0, 0.05) is 19.5 Å². The Morgan fingerprint density at radius 1 is 1.23 bits per heavy atom. The monoisotopic (exact) mass is 411 g/mol. The summed E-state index contributed by atoms with van der Waals surface area (Å²) >= 11 is 0. The van der Waals surface area contributed by atoms with Gasteiger partial charge in [-0.1, -0.05) is 6.07 Å². The molecule has 0 saturated heterocycles. The van der Waals surface area contributed by atoms with Crippen LogP contribution in [0.5, 0.6) is 11.5 Å². The van der Waals surface area contributed by atoms with Crippen molar-refractivity contribution < 1.29 is 14.3 Å². The van der Waals surface area contributed by atoms with Gasteiger partial charge >= 0.3 is 0 Å². The van der Waals surface area contributed by atoms with Crippen LogP contribution in [-0.4, -0.2) is 32.0 Å². The molecule has 1 aliphatic rings. The zero-order valence-electron chi connectivity index (χ0n) is 17.6. The topological polar surface area (TPSA) is 100 Å². The number of fused-ring (bicyclic) bond motifs is 2. The molecule has 4 rings (SSSR count). The molecule has 0 atom stereocenters. The number of carbonyl (C=O) groups is 1. The lowest BCUT2D eigenvalue weighted by Gasteiger charge is -2.20. The largest absolute Gasteiger partial charge is 0.454 e. The lowest BCUT2D eigenvalue weighted by atomic mass is 10.1. The number of hydrogen-bond donors (Lipinski definition) is 1. The first-order valence-electron chi connectivity index (χ1n) is 9.85. The van der Waals surface area contributed by atoms with Crippen LogP contribution in [-0.2, 0) is 23.4 Å². The molecule has 0 saturated carbocycles. The first-order chi connectivity index (χ1) is 14.2. The summed E-state index contributed by atoms with van der Waals surface area (Å²) in [5.41, 5.74) is 1.01. The second-order valence-corrected chi connectivity index (χ2v) is 8.29. The maximum Gasteiger partial charge on any atom is 0.264 e. The molecule has 3 aromatic rings. The molecule has 1 N–H and O–H groups in total. The van der Waals surface area contributed by atoms with Crippen molar-refractivity contribution in [3.8, 4) is 11.5 Å². The molecule has 3 heterocycles. The van der Waals surface area contributed by atoms with E-state index in [0.717, 1.165) is 5.56 Å². The van der Waals surface area contributed by atoms with Crippen LogP contribution < -0.4 is 20.3 Å². The normalized spacial score (nSPS) is 13.1. The number of carbonyl (C=O) groups excluding carboxylic acids is 1. The van der Waals surface area contributed by atoms with Crippen LogP contribution in [0.1, 0.15) is 38.6 Å². The molecule has 0 radical (unpaired) electrons. The second kappa shape index (κ2) is 7.47. The Hall–Kier alpha value is -3.36. The van der Waals surface area contributed by atoms with E-state index in [0.29, 0.717) is 34.9 Å². The predicted molar refractivity (Wildman–Crippen MR) is 111 cm³/mol. The average Bonchev–Trinajstić information content (AvgIpc) is 3.32. The minimum absolute atomic E-state index is 0.149. The van der Waals surface area contributed by atoms with Crippen molar-refractivity contribution in [2.75, 3.05) is 6.79 Å². The van der Waals surface area contributed by atoms with Gasteiger partial charge in [0.1, 0.15) is 11.2 Å². The predicted octanol–water partition coefficient (Wildman–Crippen LogP) is 2.09. The summed E-state index contributed by atoms with van der Waals surface area (Å²) in [5.74, 6) is 1.79. The van der Waals surface area contributed by atoms with Gasteiger partial charge in [-0.25, -0.2) is 9.67 Å². The highest BCUT2D eigenvalue weighted by molar-refractivity contribution is 5.76. The van der Waals surface area contributed by atoms with E-state index in [1.807, 2.05) is 39.0 Å². The molecule has 0 aliphatic carbocycles. The molecule has 1 aliphatic heterocycles. The van der Waals surface area contributed by atoms with Gasteiger partial charge in [-0.2, -0.15) is 5.10 Å². The van der Waals surface area contributed by atoms with Gasteiger partial charge in [0.25, 0.3) is 5.56 Å². The van der Waals surface area contributed by atoms with Gasteiger partial charge in [-0.3, -0.25) is 14.2 Å². The maximum absolute atomic E-state index is 12.9. The summed E-state index contributed by atoms with van der Waals surface area (Å²) < 4.78 is 13.9. The van der Waals surface area contributed by atoms with E-state index >= 15 is 0 Å². The molecule has 0 fully saturated rings. The number of nitrogens with one attached hydrogen (secondary N) is 1. The Morgan fingerprint density at radius 2 is 2.00 bits per heavy atom. The third kappa shape index (κ3) is 3.74. The minimum atomic E-state index is -0.283. The molecule has 158 valence electrons. The molecule has 2 aromatic heterocycles. The number of aromatic nitrogens is 4. The summed E-state index contributed by atoms with van der Waals surface area (Å²) in [7, 11) is 0. The van der Waals surface area contributed by atoms with Crippen LogP contribution >= 0.6 is 0 Å². The molecule has 30 heavy (non-hydrogen) atoms. The number of hydrogen-bond acceptors (Lipinski definition) is 6. The quantitative estimate of drug-likeness (QED) is 0.690. The minimum Gasteiger partial charge on any atom is -0.454 e. The first kappa shape index (κ1) is 19.9. The summed E-state index contributed by atoms with van der Waals surface area (Å²) in [4.78, 5) is 29.8. The fourth-order valence-corrected chi connectivity index (χ4v) is 3.41. The van der Waals surface area contributed by atoms with Gasteiger partial charge in [-0.05, 0) is 45.4 Å². The van der Waals surface area contributed by atoms with Crippen LogP contribution in [0.15, 0.2) is 29.2 Å². The third-order valence-electron chi connectivity index (χ3n) is 5.00. The van der Waals surface area contributed by atoms with Crippen molar-refractivity contribution in [3.05, 3.63) is 46.1 Å². The first-order valence-corrected chi connectivity index (χ1v) is 9.85. The van der Waals surface area contributed by atoms with Gasteiger partial charge in [-0.15, -0.1) is 0 Å². The number of ether oxygens (including phenoxy) is 2. The molecule has 0 spiro atoms. The molecule has 1 aromatic carbocycles. The van der Waals surface area contributed by atoms with E-state index in [-0.39, 0.29) is 36.8 Å². The molecular weight excluding hydrogens is 386 g/mol. The van der Waals surface area contributed by atoms with Gasteiger partial charge in [0.05, 0.1) is 11.7 Å². The zero-order chi connectivity index (χ0) is 21.5. The SMILES string of the molecule is Cc1nc2c(cnn2C(C)(C)C)c(=O)n1CCC(=O)NCc1ccc2c(c1)OCO2. The van der Waals surface area contributed by atoms with Crippen LogP contribution in [0.2, 0.25) is 0 Å². The molecule has 0 bridgehead atoms. The van der Waals surface area contributed by atoms with Gasteiger partial charge in [0.15, 0.2) is 17.1 Å². The highest BCUT2D eigenvalue weighted by Crippen LogP contribution is 2.32. The van der Waals surface area contributed by atoms with Crippen molar-refractivity contribution in [2.24, 2.45) is 0 Å². The van der Waals surface area contributed by atoms with Gasteiger partial charge < -0.3 is 14.8 Å². The zero-order valence-corrected chi connectivity index (χ0v) is 17.6. The van der Waals surface area contributed by atoms with Crippen LogP contribution in [0.4, 0.5) is 0 Å². The highest BCUT2D eigenvalue weighted by Gasteiger charge is 2.21. The Balaban J connectivity index is 1.43. The molecule has 9 heteroatoms. The fourth-order valence-electron chi connectivity index (χ4n) is 3.41. The average molecular weight is 411 g/mol. The molecule has 9 nitrogen and oxygen atoms in total. The van der Waals surface area contributed by atoms with Crippen molar-refractivity contribution in [3.63, 3.8) is 0 Å². The highest BCUT2D eigenvalue weighted by atomic mass is 16.7. The van der Waals surface area contributed by atoms with Gasteiger partial charge in [0.2, 0.25) is 12.7 Å². The number of rotatable bonds is 5. The van der Waals surface area contributed by atoms with Crippen molar-refractivity contribution in [1.82, 2.24) is 24.6 Å². The number of amides is 1. The lowest BCUT2D eigenvalue weighted by molar-refractivity contribution is -0.121. The summed E-state index contributed by atoms with van der Waals surface area (Å²) in [6.45, 7) is 8.63. The lowest BCUT2D eigenvalue weighted by Crippen LogP contribution is -2.29. The van der Waals surface area contributed by atoms with E-state index in [1.54, 1.807) is 17.8 Å². The fraction of sp³-hybridized carbons (Fsp3) is 0.429. The number of nitrogens with zero attached hydrogens (tertiary/aromatic N) is 4. The summed E-state index contributed by atoms with van der Waals surface area (Å²) in [6, 6.07) is 5.56. The summed E-state index contributed by atoms with van der Waals surface area (Å²) in [6.07, 6.45) is 1.72. The van der Waals surface area contributed by atoms with E-state index in [9.17, 15) is 9.59 Å². The van der Waals surface area contributed by atoms with Crippen molar-refractivity contribution in [1.29, 1.82) is 0 Å². The number of aryl methyl sites for hydroxylation is 1. The Bertz CT molecular complexity index is 1170. The molecule has 0 unspecified atom stereocenters. The van der Waals surface area contributed by atoms with Crippen molar-refractivity contribution >= 4 is 16.9 Å².